The maximum absolute atomic E-state index is 4.38. The van der Waals surface area contributed by atoms with E-state index in [-0.39, 0.29) is 0 Å². The van der Waals surface area contributed by atoms with E-state index in [1.807, 2.05) is 12.4 Å². The van der Waals surface area contributed by atoms with Crippen molar-refractivity contribution in [3.05, 3.63) is 53.9 Å². The Morgan fingerprint density at radius 1 is 1.10 bits per heavy atom. The summed E-state index contributed by atoms with van der Waals surface area (Å²) in [6.45, 7) is 4.14. The molecule has 0 amide bonds. The molecular weight excluding hydrogens is 256 g/mol. The summed E-state index contributed by atoms with van der Waals surface area (Å²) < 4.78 is 0. The molecule has 0 radical (unpaired) electrons. The number of hydrogen-bond acceptors (Lipinski definition) is 2. The van der Waals surface area contributed by atoms with Gasteiger partial charge in [0.25, 0.3) is 0 Å². The largest absolute Gasteiger partial charge is 0.313 e. The van der Waals surface area contributed by atoms with Gasteiger partial charge in [-0.25, -0.2) is 0 Å². The lowest BCUT2D eigenvalue weighted by atomic mass is 9.80. The Morgan fingerprint density at radius 3 is 2.57 bits per heavy atom. The highest BCUT2D eigenvalue weighted by molar-refractivity contribution is 5.63. The van der Waals surface area contributed by atoms with Gasteiger partial charge in [-0.1, -0.05) is 37.6 Å². The summed E-state index contributed by atoms with van der Waals surface area (Å²) in [6, 6.07) is 11.3. The first-order valence-corrected chi connectivity index (χ1v) is 8.12. The van der Waals surface area contributed by atoms with Gasteiger partial charge in [0.15, 0.2) is 0 Å². The van der Waals surface area contributed by atoms with Gasteiger partial charge in [-0.2, -0.15) is 0 Å². The number of hydrogen-bond donors (Lipinski definition) is 1. The second-order valence-corrected chi connectivity index (χ2v) is 6.01. The van der Waals surface area contributed by atoms with E-state index in [4.69, 9.17) is 0 Å². The number of aromatic nitrogens is 1. The molecule has 21 heavy (non-hydrogen) atoms. The Kier molecular flexibility index (Phi) is 4.66. The first-order valence-electron chi connectivity index (χ1n) is 8.12. The van der Waals surface area contributed by atoms with E-state index in [1.54, 1.807) is 0 Å². The first-order chi connectivity index (χ1) is 10.4. The molecule has 3 rings (SSSR count). The molecule has 0 saturated heterocycles. The average molecular weight is 280 g/mol. The van der Waals surface area contributed by atoms with Crippen molar-refractivity contribution in [2.75, 3.05) is 6.54 Å². The third-order valence-corrected chi connectivity index (χ3v) is 4.37. The highest BCUT2D eigenvalue weighted by atomic mass is 14.8. The van der Waals surface area contributed by atoms with E-state index in [0.29, 0.717) is 0 Å². The zero-order valence-corrected chi connectivity index (χ0v) is 12.8. The molecule has 1 N–H and O–H groups in total. The van der Waals surface area contributed by atoms with Crippen LogP contribution in [0.25, 0.3) is 11.1 Å². The van der Waals surface area contributed by atoms with Gasteiger partial charge in [0, 0.05) is 24.5 Å². The van der Waals surface area contributed by atoms with Crippen LogP contribution in [-0.2, 0) is 6.54 Å². The number of rotatable bonds is 6. The second kappa shape index (κ2) is 6.86. The number of nitrogens with one attached hydrogen (secondary N) is 1. The quantitative estimate of drug-likeness (QED) is 0.787. The third kappa shape index (κ3) is 3.51. The molecule has 110 valence electrons. The minimum atomic E-state index is 0.807. The zero-order valence-electron chi connectivity index (χ0n) is 12.8. The van der Waals surface area contributed by atoms with Gasteiger partial charge in [-0.15, -0.1) is 0 Å². The molecule has 0 spiro atoms. The Labute approximate surface area is 127 Å². The molecular formula is C19H24N2. The molecule has 1 aliphatic rings. The molecule has 0 aliphatic heterocycles. The summed E-state index contributed by atoms with van der Waals surface area (Å²) in [4.78, 5) is 4.38. The molecule has 1 aromatic carbocycles. The Balaban J connectivity index is 1.71. The smallest absolute Gasteiger partial charge is 0.0346 e. The second-order valence-electron chi connectivity index (χ2n) is 6.01. The van der Waals surface area contributed by atoms with E-state index in [1.165, 1.54) is 41.5 Å². The maximum atomic E-state index is 4.38. The third-order valence-electron chi connectivity index (χ3n) is 4.37. The fourth-order valence-corrected chi connectivity index (χ4v) is 2.84. The highest BCUT2D eigenvalue weighted by Crippen LogP contribution is 2.36. The summed E-state index contributed by atoms with van der Waals surface area (Å²) >= 11 is 0. The average Bonchev–Trinajstić information content (AvgIpc) is 2.47. The van der Waals surface area contributed by atoms with Crippen molar-refractivity contribution in [2.24, 2.45) is 0 Å². The van der Waals surface area contributed by atoms with Crippen LogP contribution in [0.1, 0.15) is 49.7 Å². The van der Waals surface area contributed by atoms with E-state index in [2.05, 4.69) is 47.6 Å². The van der Waals surface area contributed by atoms with Crippen LogP contribution >= 0.6 is 0 Å². The monoisotopic (exact) mass is 280 g/mol. The molecule has 2 heteroatoms. The summed E-state index contributed by atoms with van der Waals surface area (Å²) in [7, 11) is 0. The van der Waals surface area contributed by atoms with Crippen molar-refractivity contribution in [1.82, 2.24) is 10.3 Å². The van der Waals surface area contributed by atoms with Gasteiger partial charge in [0.2, 0.25) is 0 Å². The number of benzene rings is 1. The van der Waals surface area contributed by atoms with Crippen molar-refractivity contribution < 1.29 is 0 Å². The Hall–Kier alpha value is -1.67. The van der Waals surface area contributed by atoms with Crippen LogP contribution in [0.5, 0.6) is 0 Å². The minimum absolute atomic E-state index is 0.807. The van der Waals surface area contributed by atoms with Gasteiger partial charge in [-0.3, -0.25) is 4.98 Å². The Morgan fingerprint density at radius 2 is 1.90 bits per heavy atom. The van der Waals surface area contributed by atoms with Crippen LogP contribution < -0.4 is 5.32 Å². The molecule has 1 fully saturated rings. The number of pyridine rings is 1. The molecule has 1 heterocycles. The molecule has 1 saturated carbocycles. The highest BCUT2D eigenvalue weighted by Gasteiger charge is 2.18. The zero-order chi connectivity index (χ0) is 14.5. The lowest BCUT2D eigenvalue weighted by molar-refractivity contribution is 0.420. The SMILES string of the molecule is CCCNCc1cncc(-c2ccc(C3CCC3)cc2)c1. The van der Waals surface area contributed by atoms with Crippen LogP contribution in [0.2, 0.25) is 0 Å². The number of nitrogens with zero attached hydrogens (tertiary/aromatic N) is 1. The van der Waals surface area contributed by atoms with Crippen LogP contribution in [0.3, 0.4) is 0 Å². The standard InChI is InChI=1S/C19H24N2/c1-2-10-20-12-15-11-19(14-21-13-15)18-8-6-17(7-9-18)16-4-3-5-16/h6-9,11,13-14,16,20H,2-5,10,12H2,1H3. The van der Waals surface area contributed by atoms with E-state index >= 15 is 0 Å². The van der Waals surface area contributed by atoms with Crippen LogP contribution in [0.4, 0.5) is 0 Å². The normalized spacial score (nSPS) is 14.9. The summed E-state index contributed by atoms with van der Waals surface area (Å²) in [5, 5.41) is 3.43. The van der Waals surface area contributed by atoms with E-state index < -0.39 is 0 Å². The fraction of sp³-hybridized carbons (Fsp3) is 0.421. The van der Waals surface area contributed by atoms with Crippen molar-refractivity contribution in [3.63, 3.8) is 0 Å². The van der Waals surface area contributed by atoms with Gasteiger partial charge in [0.05, 0.1) is 0 Å². The van der Waals surface area contributed by atoms with E-state index in [0.717, 1.165) is 25.4 Å². The molecule has 0 bridgehead atoms. The topological polar surface area (TPSA) is 24.9 Å². The molecule has 1 aliphatic carbocycles. The van der Waals surface area contributed by atoms with Crippen LogP contribution in [-0.4, -0.2) is 11.5 Å². The molecule has 2 nitrogen and oxygen atoms in total. The van der Waals surface area contributed by atoms with Gasteiger partial charge in [-0.05, 0) is 54.5 Å². The summed E-state index contributed by atoms with van der Waals surface area (Å²) in [5.74, 6) is 0.807. The minimum Gasteiger partial charge on any atom is -0.313 e. The molecule has 0 unspecified atom stereocenters. The fourth-order valence-electron chi connectivity index (χ4n) is 2.84. The predicted octanol–water partition coefficient (Wildman–Crippen LogP) is 4.52. The Bertz CT molecular complexity index is 570. The van der Waals surface area contributed by atoms with Crippen molar-refractivity contribution in [1.29, 1.82) is 0 Å². The summed E-state index contributed by atoms with van der Waals surface area (Å²) in [5.41, 5.74) is 5.23. The maximum Gasteiger partial charge on any atom is 0.0346 e. The van der Waals surface area contributed by atoms with Crippen molar-refractivity contribution >= 4 is 0 Å². The lowest BCUT2D eigenvalue weighted by Gasteiger charge is -2.25. The van der Waals surface area contributed by atoms with Gasteiger partial charge >= 0.3 is 0 Å². The molecule has 1 aromatic heterocycles. The first kappa shape index (κ1) is 14.3. The van der Waals surface area contributed by atoms with Crippen molar-refractivity contribution in [2.45, 2.75) is 45.1 Å². The predicted molar refractivity (Wildman–Crippen MR) is 88.3 cm³/mol. The van der Waals surface area contributed by atoms with Crippen LogP contribution in [0.15, 0.2) is 42.7 Å². The van der Waals surface area contributed by atoms with Gasteiger partial charge < -0.3 is 5.32 Å². The lowest BCUT2D eigenvalue weighted by Crippen LogP contribution is -2.13. The van der Waals surface area contributed by atoms with Gasteiger partial charge in [0.1, 0.15) is 0 Å². The van der Waals surface area contributed by atoms with Crippen LogP contribution in [0, 0.1) is 0 Å². The molecule has 0 atom stereocenters. The van der Waals surface area contributed by atoms with E-state index in [9.17, 15) is 0 Å². The molecule has 2 aromatic rings. The van der Waals surface area contributed by atoms with Crippen molar-refractivity contribution in [3.8, 4) is 11.1 Å². The summed E-state index contributed by atoms with van der Waals surface area (Å²) in [6.07, 6.45) is 9.19.